The Kier molecular flexibility index (Phi) is 17.0. The van der Waals surface area contributed by atoms with Gasteiger partial charge >= 0.3 is 6.16 Å². The summed E-state index contributed by atoms with van der Waals surface area (Å²) < 4.78 is 23.1. The third-order valence-corrected chi connectivity index (χ3v) is 1.45. The van der Waals surface area contributed by atoms with Crippen LogP contribution in [0.3, 0.4) is 0 Å². The van der Waals surface area contributed by atoms with Gasteiger partial charge in [-0.05, 0) is 6.92 Å². The maximum atomic E-state index is 10.2. The Hall–Kier alpha value is -1.11. The highest BCUT2D eigenvalue weighted by molar-refractivity contribution is 5.59. The first-order valence-corrected chi connectivity index (χ1v) is 5.49. The topological polar surface area (TPSA) is 63.2 Å². The normalized spacial score (nSPS) is 9.11. The molecule has 0 aliphatic rings. The molecule has 0 bridgehead atoms. The van der Waals surface area contributed by atoms with Gasteiger partial charge in [0.15, 0.2) is 0 Å². The highest BCUT2D eigenvalue weighted by atomic mass is 16.7. The number of hydrogen-bond acceptors (Lipinski definition) is 6. The van der Waals surface area contributed by atoms with Crippen molar-refractivity contribution in [1.29, 1.82) is 0 Å². The van der Waals surface area contributed by atoms with Gasteiger partial charge in [-0.15, -0.1) is 0 Å². The Morgan fingerprint density at radius 3 is 2.00 bits per heavy atom. The highest BCUT2D eigenvalue weighted by Crippen LogP contribution is 1.86. The molecule has 6 nitrogen and oxygen atoms in total. The monoisotopic (exact) mass is 264 g/mol. The molecule has 18 heavy (non-hydrogen) atoms. The first-order valence-electron chi connectivity index (χ1n) is 5.49. The Labute approximate surface area is 109 Å². The van der Waals surface area contributed by atoms with Crippen LogP contribution in [0, 0.1) is 0 Å². The number of carbonyl (C=O) groups excluding carboxylic acids is 1. The van der Waals surface area contributed by atoms with E-state index in [4.69, 9.17) is 9.47 Å². The van der Waals surface area contributed by atoms with E-state index in [1.807, 2.05) is 6.92 Å². The van der Waals surface area contributed by atoms with Crippen molar-refractivity contribution in [3.63, 3.8) is 0 Å². The maximum Gasteiger partial charge on any atom is 0.508 e. The van der Waals surface area contributed by atoms with Gasteiger partial charge in [-0.1, -0.05) is 12.2 Å². The van der Waals surface area contributed by atoms with Gasteiger partial charge in [0.1, 0.15) is 6.61 Å². The number of rotatable bonds is 8. The standard InChI is InChI=1S/C7H14O2.C5H10O4/c1-7(2)6-9-5-4-8-3;1-7-3-4-9-5(6)8-2/h1,4-6H2,2-3H3;3-4H2,1-2H3. The molecule has 0 aromatic heterocycles. The second-order valence-corrected chi connectivity index (χ2v) is 3.30. The molecule has 0 atom stereocenters. The predicted octanol–water partition coefficient (Wildman–Crippen LogP) is 1.64. The minimum absolute atomic E-state index is 0.239. The van der Waals surface area contributed by atoms with Crippen LogP contribution >= 0.6 is 0 Å². The second-order valence-electron chi connectivity index (χ2n) is 3.30. The van der Waals surface area contributed by atoms with Gasteiger partial charge in [0.05, 0.1) is 33.5 Å². The van der Waals surface area contributed by atoms with Crippen molar-refractivity contribution in [2.45, 2.75) is 6.92 Å². The van der Waals surface area contributed by atoms with Crippen LogP contribution < -0.4 is 0 Å². The molecule has 6 heteroatoms. The lowest BCUT2D eigenvalue weighted by atomic mass is 10.4. The van der Waals surface area contributed by atoms with Crippen molar-refractivity contribution >= 4 is 6.16 Å². The molecule has 0 saturated carbocycles. The minimum atomic E-state index is -0.674. The van der Waals surface area contributed by atoms with Crippen LogP contribution in [-0.2, 0) is 23.7 Å². The average molecular weight is 264 g/mol. The first-order chi connectivity index (χ1) is 8.58. The van der Waals surface area contributed by atoms with Gasteiger partial charge in [0, 0.05) is 14.2 Å². The quantitative estimate of drug-likeness (QED) is 0.377. The molecule has 0 N–H and O–H groups in total. The third kappa shape index (κ3) is 20.3. The van der Waals surface area contributed by atoms with E-state index in [9.17, 15) is 4.79 Å². The summed E-state index contributed by atoms with van der Waals surface area (Å²) in [7, 11) is 4.44. The first kappa shape index (κ1) is 19.2. The predicted molar refractivity (Wildman–Crippen MR) is 67.7 cm³/mol. The van der Waals surface area contributed by atoms with Crippen LogP contribution in [0.4, 0.5) is 4.79 Å². The number of hydrogen-bond donors (Lipinski definition) is 0. The van der Waals surface area contributed by atoms with E-state index in [1.54, 1.807) is 7.11 Å². The molecule has 0 radical (unpaired) electrons. The van der Waals surface area contributed by atoms with Gasteiger partial charge < -0.3 is 23.7 Å². The van der Waals surface area contributed by atoms with Crippen LogP contribution in [-0.4, -0.2) is 60.5 Å². The molecule has 0 spiro atoms. The summed E-state index contributed by atoms with van der Waals surface area (Å²) in [5.41, 5.74) is 1.05. The zero-order valence-electron chi connectivity index (χ0n) is 11.7. The number of methoxy groups -OCH3 is 3. The highest BCUT2D eigenvalue weighted by Gasteiger charge is 1.96. The summed E-state index contributed by atoms with van der Waals surface area (Å²) in [6.45, 7) is 8.22. The molecule has 0 aromatic rings. The molecule has 0 aliphatic carbocycles. The van der Waals surface area contributed by atoms with Crippen LogP contribution in [0.25, 0.3) is 0 Å². The van der Waals surface area contributed by atoms with E-state index in [2.05, 4.69) is 20.8 Å². The molecule has 0 amide bonds. The molecule has 0 heterocycles. The summed E-state index contributed by atoms with van der Waals surface area (Å²) in [5, 5.41) is 0. The summed E-state index contributed by atoms with van der Waals surface area (Å²) in [4.78, 5) is 10.2. The van der Waals surface area contributed by atoms with Crippen molar-refractivity contribution in [2.75, 3.05) is 54.4 Å². The van der Waals surface area contributed by atoms with E-state index in [0.29, 0.717) is 26.4 Å². The minimum Gasteiger partial charge on any atom is -0.438 e. The fourth-order valence-electron chi connectivity index (χ4n) is 0.656. The summed E-state index contributed by atoms with van der Waals surface area (Å²) in [6, 6.07) is 0. The molecule has 108 valence electrons. The van der Waals surface area contributed by atoms with Gasteiger partial charge in [-0.25, -0.2) is 4.79 Å². The zero-order chi connectivity index (χ0) is 14.2. The van der Waals surface area contributed by atoms with Crippen molar-refractivity contribution in [3.8, 4) is 0 Å². The summed E-state index contributed by atoms with van der Waals surface area (Å²) in [5.74, 6) is 0. The molecule has 0 aromatic carbocycles. The van der Waals surface area contributed by atoms with Crippen LogP contribution in [0.5, 0.6) is 0 Å². The van der Waals surface area contributed by atoms with E-state index in [0.717, 1.165) is 5.57 Å². The van der Waals surface area contributed by atoms with Crippen molar-refractivity contribution in [2.24, 2.45) is 0 Å². The number of ether oxygens (including phenoxy) is 5. The number of carbonyl (C=O) groups is 1. The maximum absolute atomic E-state index is 10.2. The van der Waals surface area contributed by atoms with Crippen molar-refractivity contribution in [1.82, 2.24) is 0 Å². The molecule has 0 rings (SSSR count). The lowest BCUT2D eigenvalue weighted by Gasteiger charge is -2.00. The van der Waals surface area contributed by atoms with Crippen LogP contribution in [0.2, 0.25) is 0 Å². The smallest absolute Gasteiger partial charge is 0.438 e. The fraction of sp³-hybridized carbons (Fsp3) is 0.750. The molecule has 0 unspecified atom stereocenters. The van der Waals surface area contributed by atoms with Gasteiger partial charge in [-0.3, -0.25) is 0 Å². The Morgan fingerprint density at radius 1 is 1.00 bits per heavy atom. The molecule has 0 saturated heterocycles. The van der Waals surface area contributed by atoms with E-state index >= 15 is 0 Å². The molecule has 0 aliphatic heterocycles. The second kappa shape index (κ2) is 15.9. The van der Waals surface area contributed by atoms with Crippen LogP contribution in [0.1, 0.15) is 6.92 Å². The molecular formula is C12H24O6. The molecular weight excluding hydrogens is 240 g/mol. The Bertz CT molecular complexity index is 205. The third-order valence-electron chi connectivity index (χ3n) is 1.45. The SMILES string of the molecule is C=C(C)COCCOC.COCCOC(=O)OC. The van der Waals surface area contributed by atoms with E-state index in [1.165, 1.54) is 14.2 Å². The molecule has 0 fully saturated rings. The summed E-state index contributed by atoms with van der Waals surface area (Å²) in [6.07, 6.45) is -0.674. The van der Waals surface area contributed by atoms with Gasteiger partial charge in [0.25, 0.3) is 0 Å². The largest absolute Gasteiger partial charge is 0.508 e. The van der Waals surface area contributed by atoms with Gasteiger partial charge in [-0.2, -0.15) is 0 Å². The van der Waals surface area contributed by atoms with E-state index in [-0.39, 0.29) is 6.61 Å². The zero-order valence-corrected chi connectivity index (χ0v) is 11.7. The fourth-order valence-corrected chi connectivity index (χ4v) is 0.656. The lowest BCUT2D eigenvalue weighted by Crippen LogP contribution is -2.08. The van der Waals surface area contributed by atoms with Crippen molar-refractivity contribution < 1.29 is 28.5 Å². The average Bonchev–Trinajstić information content (AvgIpc) is 2.35. The Morgan fingerprint density at radius 2 is 1.56 bits per heavy atom. The summed E-state index contributed by atoms with van der Waals surface area (Å²) >= 11 is 0. The Balaban J connectivity index is 0. The lowest BCUT2D eigenvalue weighted by molar-refractivity contribution is 0.0496. The van der Waals surface area contributed by atoms with E-state index < -0.39 is 6.16 Å². The van der Waals surface area contributed by atoms with Crippen molar-refractivity contribution in [3.05, 3.63) is 12.2 Å². The van der Waals surface area contributed by atoms with Crippen LogP contribution in [0.15, 0.2) is 12.2 Å². The van der Waals surface area contributed by atoms with Gasteiger partial charge in [0.2, 0.25) is 0 Å².